The van der Waals surface area contributed by atoms with Crippen LogP contribution in [0, 0.1) is 5.92 Å². The van der Waals surface area contributed by atoms with E-state index in [2.05, 4.69) is 26.2 Å². The molecule has 0 spiro atoms. The van der Waals surface area contributed by atoms with Crippen LogP contribution in [0.1, 0.15) is 16.8 Å². The zero-order valence-corrected chi connectivity index (χ0v) is 16.6. The van der Waals surface area contributed by atoms with Crippen LogP contribution in [0.5, 0.6) is 0 Å². The third-order valence-electron chi connectivity index (χ3n) is 4.37. The second kappa shape index (κ2) is 8.35. The van der Waals surface area contributed by atoms with Gasteiger partial charge in [0.1, 0.15) is 17.2 Å². The van der Waals surface area contributed by atoms with Crippen molar-refractivity contribution in [3.63, 3.8) is 0 Å². The fraction of sp³-hybridized carbons (Fsp3) is 0.250. The molecular formula is C20H19BrN2O4. The molecule has 7 heteroatoms. The van der Waals surface area contributed by atoms with Gasteiger partial charge in [0.2, 0.25) is 0 Å². The number of nitrogens with zero attached hydrogens (tertiary/aromatic N) is 1. The molecule has 0 saturated carbocycles. The summed E-state index contributed by atoms with van der Waals surface area (Å²) in [6.45, 7) is 0.328. The topological polar surface area (TPSA) is 77.0 Å². The maximum atomic E-state index is 12.4. The fourth-order valence-electron chi connectivity index (χ4n) is 2.98. The highest BCUT2D eigenvalue weighted by molar-refractivity contribution is 9.10. The molecule has 0 bridgehead atoms. The second-order valence-electron chi connectivity index (χ2n) is 5.97. The Morgan fingerprint density at radius 2 is 2.00 bits per heavy atom. The maximum absolute atomic E-state index is 12.4. The van der Waals surface area contributed by atoms with Crippen LogP contribution >= 0.6 is 15.9 Å². The van der Waals surface area contributed by atoms with Crippen molar-refractivity contribution in [3.8, 4) is 0 Å². The lowest BCUT2D eigenvalue weighted by molar-refractivity contribution is -0.114. The van der Waals surface area contributed by atoms with Crippen LogP contribution < -0.4 is 5.32 Å². The number of aliphatic imine (C=N–C) groups is 1. The van der Waals surface area contributed by atoms with Gasteiger partial charge in [0.05, 0.1) is 25.7 Å². The highest BCUT2D eigenvalue weighted by Gasteiger charge is 2.32. The third-order valence-corrected chi connectivity index (χ3v) is 5.06. The molecule has 1 aliphatic carbocycles. The molecule has 0 saturated heterocycles. The fourth-order valence-corrected chi connectivity index (χ4v) is 3.45. The lowest BCUT2D eigenvalue weighted by atomic mass is 9.89. The molecule has 1 aliphatic heterocycles. The highest BCUT2D eigenvalue weighted by atomic mass is 79.9. The summed E-state index contributed by atoms with van der Waals surface area (Å²) >= 11 is 3.36. The maximum Gasteiger partial charge on any atom is 0.273 e. The number of amides is 2. The van der Waals surface area contributed by atoms with Crippen molar-refractivity contribution >= 4 is 33.5 Å². The van der Waals surface area contributed by atoms with Gasteiger partial charge in [-0.3, -0.25) is 9.59 Å². The summed E-state index contributed by atoms with van der Waals surface area (Å²) in [5.74, 6) is 0.456. The van der Waals surface area contributed by atoms with Gasteiger partial charge in [0.15, 0.2) is 0 Å². The quantitative estimate of drug-likeness (QED) is 0.751. The number of halogens is 1. The Morgan fingerprint density at radius 1 is 1.22 bits per heavy atom. The number of ether oxygens (including phenoxy) is 2. The van der Waals surface area contributed by atoms with Gasteiger partial charge in [0.25, 0.3) is 11.8 Å². The second-order valence-corrected chi connectivity index (χ2v) is 6.82. The lowest BCUT2D eigenvalue weighted by Gasteiger charge is -2.26. The first-order valence-electron chi connectivity index (χ1n) is 8.41. The number of benzene rings is 1. The van der Waals surface area contributed by atoms with Crippen molar-refractivity contribution in [1.29, 1.82) is 0 Å². The van der Waals surface area contributed by atoms with Crippen molar-refractivity contribution < 1.29 is 19.1 Å². The highest BCUT2D eigenvalue weighted by Crippen LogP contribution is 2.30. The van der Waals surface area contributed by atoms with Gasteiger partial charge in [-0.05, 0) is 46.6 Å². The number of rotatable bonds is 6. The normalized spacial score (nSPS) is 18.5. The van der Waals surface area contributed by atoms with E-state index in [0.717, 1.165) is 4.47 Å². The Morgan fingerprint density at radius 3 is 2.70 bits per heavy atom. The summed E-state index contributed by atoms with van der Waals surface area (Å²) in [6, 6.07) is 7.18. The van der Waals surface area contributed by atoms with Gasteiger partial charge in [0, 0.05) is 16.6 Å². The predicted octanol–water partition coefficient (Wildman–Crippen LogP) is 3.17. The average molecular weight is 431 g/mol. The van der Waals surface area contributed by atoms with E-state index in [0.29, 0.717) is 41.3 Å². The Hall–Kier alpha value is -2.67. The number of hydrogen-bond acceptors (Lipinski definition) is 4. The van der Waals surface area contributed by atoms with Gasteiger partial charge in [-0.15, -0.1) is 0 Å². The van der Waals surface area contributed by atoms with Crippen molar-refractivity contribution in [1.82, 2.24) is 5.32 Å². The zero-order valence-electron chi connectivity index (χ0n) is 15.0. The van der Waals surface area contributed by atoms with Crippen molar-refractivity contribution in [2.75, 3.05) is 20.8 Å². The van der Waals surface area contributed by atoms with Crippen LogP contribution in [0.15, 0.2) is 69.1 Å². The number of fused-ring (bicyclic) bond motifs is 1. The van der Waals surface area contributed by atoms with Gasteiger partial charge < -0.3 is 14.8 Å². The monoisotopic (exact) mass is 430 g/mol. The van der Waals surface area contributed by atoms with Crippen molar-refractivity contribution in [2.45, 2.75) is 6.42 Å². The minimum atomic E-state index is -0.323. The van der Waals surface area contributed by atoms with E-state index >= 15 is 0 Å². The van der Waals surface area contributed by atoms with E-state index in [1.165, 1.54) is 7.11 Å². The Labute approximate surface area is 165 Å². The molecule has 1 heterocycles. The number of methoxy groups -OCH3 is 2. The summed E-state index contributed by atoms with van der Waals surface area (Å²) in [5.41, 5.74) is 1.63. The summed E-state index contributed by atoms with van der Waals surface area (Å²) in [7, 11) is 3.12. The van der Waals surface area contributed by atoms with Gasteiger partial charge in [-0.25, -0.2) is 4.99 Å². The number of nitrogens with one attached hydrogen (secondary N) is 1. The number of allylic oxidation sites excluding steroid dienone is 4. The molecule has 27 heavy (non-hydrogen) atoms. The molecule has 1 N–H and O–H groups in total. The van der Waals surface area contributed by atoms with Crippen LogP contribution in [0.2, 0.25) is 0 Å². The van der Waals surface area contributed by atoms with Crippen LogP contribution in [0.3, 0.4) is 0 Å². The predicted molar refractivity (Wildman–Crippen MR) is 105 cm³/mol. The van der Waals surface area contributed by atoms with E-state index in [9.17, 15) is 9.59 Å². The van der Waals surface area contributed by atoms with E-state index in [4.69, 9.17) is 9.47 Å². The molecule has 0 fully saturated rings. The molecule has 3 rings (SSSR count). The smallest absolute Gasteiger partial charge is 0.273 e. The summed E-state index contributed by atoms with van der Waals surface area (Å²) < 4.78 is 11.4. The molecule has 0 aromatic heterocycles. The molecule has 0 radical (unpaired) electrons. The minimum absolute atomic E-state index is 0.199. The molecule has 1 aromatic carbocycles. The molecule has 1 atom stereocenters. The molecular weight excluding hydrogens is 412 g/mol. The lowest BCUT2D eigenvalue weighted by Crippen LogP contribution is -2.30. The first-order chi connectivity index (χ1) is 13.0. The first-order valence-corrected chi connectivity index (χ1v) is 9.21. The summed E-state index contributed by atoms with van der Waals surface area (Å²) in [4.78, 5) is 28.8. The SMILES string of the molecule is COC1=CC=C(OC)C2C=C(CCNC(=O)c3ccccc3Br)C(=O)N=C12. The standard InChI is InChI=1S/C20H19BrN2O4/c1-26-16-7-8-17(27-2)18-14(16)11-12(19(24)23-18)9-10-22-20(25)13-5-3-4-6-15(13)21/h3-8,11,14H,9-10H2,1-2H3,(H,22,25). The number of hydrogen-bond donors (Lipinski definition) is 1. The Bertz CT molecular complexity index is 899. The van der Waals surface area contributed by atoms with Crippen molar-refractivity contribution in [3.05, 3.63) is 69.6 Å². The molecule has 2 aliphatic rings. The van der Waals surface area contributed by atoms with Gasteiger partial charge in [-0.2, -0.15) is 0 Å². The number of dihydropyridines is 1. The summed E-state index contributed by atoms with van der Waals surface area (Å²) in [6.07, 6.45) is 5.75. The zero-order chi connectivity index (χ0) is 19.4. The van der Waals surface area contributed by atoms with Crippen LogP contribution in [-0.2, 0) is 14.3 Å². The molecule has 2 amide bonds. The molecule has 1 unspecified atom stereocenters. The largest absolute Gasteiger partial charge is 0.500 e. The molecule has 6 nitrogen and oxygen atoms in total. The van der Waals surface area contributed by atoms with Gasteiger partial charge >= 0.3 is 0 Å². The Balaban J connectivity index is 1.68. The third kappa shape index (κ3) is 4.03. The van der Waals surface area contributed by atoms with E-state index in [1.54, 1.807) is 37.5 Å². The number of carbonyl (C=O) groups is 2. The molecule has 1 aromatic rings. The number of carbonyl (C=O) groups excluding carboxylic acids is 2. The van der Waals surface area contributed by atoms with E-state index in [1.807, 2.05) is 12.1 Å². The van der Waals surface area contributed by atoms with Crippen LogP contribution in [0.25, 0.3) is 0 Å². The van der Waals surface area contributed by atoms with Crippen LogP contribution in [0.4, 0.5) is 0 Å². The van der Waals surface area contributed by atoms with E-state index in [-0.39, 0.29) is 17.7 Å². The van der Waals surface area contributed by atoms with Crippen LogP contribution in [-0.4, -0.2) is 38.3 Å². The van der Waals surface area contributed by atoms with E-state index < -0.39 is 0 Å². The average Bonchev–Trinajstić information content (AvgIpc) is 2.67. The van der Waals surface area contributed by atoms with Crippen molar-refractivity contribution in [2.24, 2.45) is 10.9 Å². The minimum Gasteiger partial charge on any atom is -0.500 e. The Kier molecular flexibility index (Phi) is 5.91. The van der Waals surface area contributed by atoms with Gasteiger partial charge in [-0.1, -0.05) is 18.2 Å². The summed E-state index contributed by atoms with van der Waals surface area (Å²) in [5, 5.41) is 2.83. The molecule has 140 valence electrons. The first kappa shape index (κ1) is 19.1.